The molecule has 0 aliphatic heterocycles. The van der Waals surface area contributed by atoms with Crippen molar-refractivity contribution >= 4 is 28.7 Å². The van der Waals surface area contributed by atoms with Crippen molar-refractivity contribution in [2.24, 2.45) is 5.73 Å². The lowest BCUT2D eigenvalue weighted by Gasteiger charge is -2.07. The first kappa shape index (κ1) is 11.7. The molecule has 1 aromatic heterocycles. The molecule has 2 N–H and O–H groups in total. The first-order valence-corrected chi connectivity index (χ1v) is 5.92. The normalized spacial score (nSPS) is 12.8. The van der Waals surface area contributed by atoms with Crippen LogP contribution in [0.2, 0.25) is 5.02 Å². The summed E-state index contributed by atoms with van der Waals surface area (Å²) in [5.74, 6) is 0.0611. The highest BCUT2D eigenvalue weighted by atomic mass is 35.5. The summed E-state index contributed by atoms with van der Waals surface area (Å²) in [7, 11) is 0. The van der Waals surface area contributed by atoms with Gasteiger partial charge in [0.1, 0.15) is 0 Å². The number of ketones is 1. The molecule has 1 heterocycles. The summed E-state index contributed by atoms with van der Waals surface area (Å²) in [6.07, 6.45) is 2.29. The van der Waals surface area contributed by atoms with Crippen molar-refractivity contribution in [1.29, 1.82) is 0 Å². The third kappa shape index (κ3) is 3.08. The summed E-state index contributed by atoms with van der Waals surface area (Å²) in [5, 5.41) is 2.37. The number of thiophene rings is 1. The van der Waals surface area contributed by atoms with Crippen molar-refractivity contribution in [2.75, 3.05) is 0 Å². The molecule has 1 unspecified atom stereocenters. The molecule has 0 aliphatic carbocycles. The Morgan fingerprint density at radius 3 is 2.93 bits per heavy atom. The molecule has 4 heteroatoms. The lowest BCUT2D eigenvalue weighted by Crippen LogP contribution is -2.23. The van der Waals surface area contributed by atoms with Gasteiger partial charge in [-0.05, 0) is 17.9 Å². The zero-order valence-electron chi connectivity index (χ0n) is 8.13. The van der Waals surface area contributed by atoms with E-state index in [4.69, 9.17) is 17.3 Å². The molecule has 0 spiro atoms. The van der Waals surface area contributed by atoms with Gasteiger partial charge in [-0.15, -0.1) is 11.3 Å². The summed E-state index contributed by atoms with van der Waals surface area (Å²) in [4.78, 5) is 12.3. The van der Waals surface area contributed by atoms with Gasteiger partial charge >= 0.3 is 0 Å². The van der Waals surface area contributed by atoms with E-state index in [0.717, 1.165) is 12.8 Å². The minimum atomic E-state index is -0.0364. The van der Waals surface area contributed by atoms with Crippen LogP contribution in [0.1, 0.15) is 35.9 Å². The second-order valence-corrected chi connectivity index (χ2v) is 4.60. The van der Waals surface area contributed by atoms with Gasteiger partial charge in [-0.2, -0.15) is 0 Å². The van der Waals surface area contributed by atoms with E-state index in [1.807, 2.05) is 5.38 Å². The summed E-state index contributed by atoms with van der Waals surface area (Å²) in [6, 6.07) is 1.70. The molecule has 0 fully saturated rings. The molecular formula is C10H14ClNOS. The van der Waals surface area contributed by atoms with Crippen molar-refractivity contribution in [1.82, 2.24) is 0 Å². The molecular weight excluding hydrogens is 218 g/mol. The van der Waals surface area contributed by atoms with E-state index in [2.05, 4.69) is 6.92 Å². The Bertz CT molecular complexity index is 311. The van der Waals surface area contributed by atoms with Gasteiger partial charge in [0, 0.05) is 12.5 Å². The van der Waals surface area contributed by atoms with Gasteiger partial charge in [0.15, 0.2) is 5.78 Å². The Morgan fingerprint density at radius 1 is 1.71 bits per heavy atom. The van der Waals surface area contributed by atoms with Crippen LogP contribution in [0.5, 0.6) is 0 Å². The van der Waals surface area contributed by atoms with E-state index in [1.54, 1.807) is 6.07 Å². The largest absolute Gasteiger partial charge is 0.327 e. The fourth-order valence-corrected chi connectivity index (χ4v) is 2.41. The molecule has 0 radical (unpaired) electrons. The highest BCUT2D eigenvalue weighted by Crippen LogP contribution is 2.23. The second kappa shape index (κ2) is 5.49. The van der Waals surface area contributed by atoms with E-state index in [1.165, 1.54) is 11.3 Å². The van der Waals surface area contributed by atoms with Gasteiger partial charge in [-0.25, -0.2) is 0 Å². The van der Waals surface area contributed by atoms with E-state index in [0.29, 0.717) is 16.3 Å². The standard InChI is InChI=1S/C10H14ClNOS/c1-2-3-7(12)6-9(13)10-8(11)4-5-14-10/h4-5,7H,2-3,6,12H2,1H3. The van der Waals surface area contributed by atoms with Crippen molar-refractivity contribution in [2.45, 2.75) is 32.2 Å². The van der Waals surface area contributed by atoms with Crippen LogP contribution in [-0.4, -0.2) is 11.8 Å². The van der Waals surface area contributed by atoms with Crippen molar-refractivity contribution < 1.29 is 4.79 Å². The average Bonchev–Trinajstić information content (AvgIpc) is 2.51. The van der Waals surface area contributed by atoms with E-state index in [9.17, 15) is 4.79 Å². The third-order valence-electron chi connectivity index (χ3n) is 1.98. The Morgan fingerprint density at radius 2 is 2.43 bits per heavy atom. The van der Waals surface area contributed by atoms with Crippen LogP contribution >= 0.6 is 22.9 Å². The molecule has 78 valence electrons. The maximum absolute atomic E-state index is 11.7. The lowest BCUT2D eigenvalue weighted by atomic mass is 10.1. The fraction of sp³-hybridized carbons (Fsp3) is 0.500. The van der Waals surface area contributed by atoms with Crippen LogP contribution in [0.3, 0.4) is 0 Å². The maximum Gasteiger partial charge on any atom is 0.175 e. The van der Waals surface area contributed by atoms with Gasteiger partial charge in [0.25, 0.3) is 0 Å². The number of carbonyl (C=O) groups is 1. The fourth-order valence-electron chi connectivity index (χ4n) is 1.30. The van der Waals surface area contributed by atoms with Crippen LogP contribution in [0.25, 0.3) is 0 Å². The van der Waals surface area contributed by atoms with Crippen molar-refractivity contribution in [3.63, 3.8) is 0 Å². The molecule has 1 rings (SSSR count). The first-order chi connectivity index (χ1) is 6.65. The average molecular weight is 232 g/mol. The van der Waals surface area contributed by atoms with Crippen LogP contribution in [0.4, 0.5) is 0 Å². The predicted molar refractivity (Wildman–Crippen MR) is 61.2 cm³/mol. The van der Waals surface area contributed by atoms with Gasteiger partial charge in [0.2, 0.25) is 0 Å². The Kier molecular flexibility index (Phi) is 4.58. The summed E-state index contributed by atoms with van der Waals surface area (Å²) >= 11 is 7.22. The van der Waals surface area contributed by atoms with Gasteiger partial charge < -0.3 is 5.73 Å². The summed E-state index contributed by atoms with van der Waals surface area (Å²) < 4.78 is 0. The smallest absolute Gasteiger partial charge is 0.175 e. The summed E-state index contributed by atoms with van der Waals surface area (Å²) in [6.45, 7) is 2.06. The Balaban J connectivity index is 2.55. The minimum Gasteiger partial charge on any atom is -0.327 e. The maximum atomic E-state index is 11.7. The number of halogens is 1. The monoisotopic (exact) mass is 231 g/mol. The highest BCUT2D eigenvalue weighted by molar-refractivity contribution is 7.12. The molecule has 0 saturated carbocycles. The molecule has 0 amide bonds. The van der Waals surface area contributed by atoms with E-state index >= 15 is 0 Å². The zero-order valence-corrected chi connectivity index (χ0v) is 9.70. The second-order valence-electron chi connectivity index (χ2n) is 3.27. The quantitative estimate of drug-likeness (QED) is 0.792. The summed E-state index contributed by atoms with van der Waals surface area (Å²) in [5.41, 5.74) is 5.78. The van der Waals surface area contributed by atoms with Crippen molar-refractivity contribution in [3.05, 3.63) is 21.3 Å². The molecule has 0 bridgehead atoms. The Hall–Kier alpha value is -0.380. The number of rotatable bonds is 5. The minimum absolute atomic E-state index is 0.0364. The Labute approximate surface area is 93.1 Å². The molecule has 0 aromatic carbocycles. The molecule has 0 saturated heterocycles. The number of hydrogen-bond acceptors (Lipinski definition) is 3. The van der Waals surface area contributed by atoms with Crippen molar-refractivity contribution in [3.8, 4) is 0 Å². The SMILES string of the molecule is CCCC(N)CC(=O)c1sccc1Cl. The zero-order chi connectivity index (χ0) is 10.6. The van der Waals surface area contributed by atoms with Gasteiger partial charge in [-0.1, -0.05) is 24.9 Å². The number of nitrogens with two attached hydrogens (primary N) is 1. The van der Waals surface area contributed by atoms with Gasteiger partial charge in [0.05, 0.1) is 9.90 Å². The predicted octanol–water partition coefficient (Wildman–Crippen LogP) is 3.10. The van der Waals surface area contributed by atoms with E-state index in [-0.39, 0.29) is 11.8 Å². The topological polar surface area (TPSA) is 43.1 Å². The van der Waals surface area contributed by atoms with Crippen LogP contribution in [-0.2, 0) is 0 Å². The van der Waals surface area contributed by atoms with E-state index < -0.39 is 0 Å². The van der Waals surface area contributed by atoms with Crippen LogP contribution in [0.15, 0.2) is 11.4 Å². The lowest BCUT2D eigenvalue weighted by molar-refractivity contribution is 0.0977. The van der Waals surface area contributed by atoms with Gasteiger partial charge in [-0.3, -0.25) is 4.79 Å². The first-order valence-electron chi connectivity index (χ1n) is 4.67. The van der Waals surface area contributed by atoms with Crippen LogP contribution in [0, 0.1) is 0 Å². The highest BCUT2D eigenvalue weighted by Gasteiger charge is 2.14. The molecule has 14 heavy (non-hydrogen) atoms. The number of Topliss-reactive ketones (excluding diaryl/α,β-unsaturated/α-hetero) is 1. The molecule has 1 aromatic rings. The number of carbonyl (C=O) groups excluding carboxylic acids is 1. The molecule has 2 nitrogen and oxygen atoms in total. The number of hydrogen-bond donors (Lipinski definition) is 1. The molecule has 0 aliphatic rings. The molecule has 1 atom stereocenters. The third-order valence-corrected chi connectivity index (χ3v) is 3.36. The van der Waals surface area contributed by atoms with Crippen LogP contribution < -0.4 is 5.73 Å².